The summed E-state index contributed by atoms with van der Waals surface area (Å²) in [4.78, 5) is 3.19. The highest BCUT2D eigenvalue weighted by atomic mass is 16.5. The molecule has 0 radical (unpaired) electrons. The number of nitrogens with one attached hydrogen (secondary N) is 1. The molecule has 14 heavy (non-hydrogen) atoms. The van der Waals surface area contributed by atoms with E-state index in [0.29, 0.717) is 0 Å². The molecular weight excluding hydrogens is 176 g/mol. The molecule has 3 nitrogen and oxygen atoms in total. The molecule has 2 aromatic heterocycles. The Kier molecular flexibility index (Phi) is 1.44. The van der Waals surface area contributed by atoms with Gasteiger partial charge in [-0.3, -0.25) is 0 Å². The van der Waals surface area contributed by atoms with E-state index in [2.05, 4.69) is 16.2 Å². The van der Waals surface area contributed by atoms with Crippen molar-refractivity contribution in [1.29, 1.82) is 0 Å². The second-order valence-electron chi connectivity index (χ2n) is 3.12. The fraction of sp³-hybridized carbons (Fsp3) is 0. The average molecular weight is 184 g/mol. The maximum absolute atomic E-state index is 5.12. The molecule has 3 rings (SSSR count). The summed E-state index contributed by atoms with van der Waals surface area (Å²) in [6.45, 7) is 0. The van der Waals surface area contributed by atoms with E-state index in [9.17, 15) is 0 Å². The SMILES string of the molecule is c1ccc2c(-c3ccno3)c[nH]c2c1. The Morgan fingerprint density at radius 3 is 2.93 bits per heavy atom. The van der Waals surface area contributed by atoms with Crippen LogP contribution in [0.2, 0.25) is 0 Å². The van der Waals surface area contributed by atoms with Gasteiger partial charge in [-0.25, -0.2) is 0 Å². The number of H-pyrrole nitrogens is 1. The smallest absolute Gasteiger partial charge is 0.168 e. The highest BCUT2D eigenvalue weighted by Gasteiger charge is 2.07. The van der Waals surface area contributed by atoms with Gasteiger partial charge in [0, 0.05) is 28.7 Å². The van der Waals surface area contributed by atoms with Crippen LogP contribution in [0.15, 0.2) is 47.2 Å². The van der Waals surface area contributed by atoms with Gasteiger partial charge in [-0.1, -0.05) is 23.4 Å². The molecule has 2 heterocycles. The molecule has 0 aliphatic rings. The lowest BCUT2D eigenvalue weighted by atomic mass is 10.1. The Labute approximate surface area is 80.3 Å². The minimum atomic E-state index is 0.794. The lowest BCUT2D eigenvalue weighted by Crippen LogP contribution is -1.69. The van der Waals surface area contributed by atoms with E-state index in [0.717, 1.165) is 22.2 Å². The number of aromatic amines is 1. The minimum Gasteiger partial charge on any atom is -0.360 e. The van der Waals surface area contributed by atoms with Crippen molar-refractivity contribution in [2.45, 2.75) is 0 Å². The maximum Gasteiger partial charge on any atom is 0.168 e. The van der Waals surface area contributed by atoms with Gasteiger partial charge >= 0.3 is 0 Å². The van der Waals surface area contributed by atoms with Crippen LogP contribution in [0.4, 0.5) is 0 Å². The van der Waals surface area contributed by atoms with Gasteiger partial charge in [0.2, 0.25) is 0 Å². The Morgan fingerprint density at radius 2 is 2.07 bits per heavy atom. The second-order valence-corrected chi connectivity index (χ2v) is 3.12. The van der Waals surface area contributed by atoms with Crippen LogP contribution in [-0.2, 0) is 0 Å². The fourth-order valence-corrected chi connectivity index (χ4v) is 1.63. The number of rotatable bonds is 1. The molecule has 0 fully saturated rings. The number of aromatic nitrogens is 2. The van der Waals surface area contributed by atoms with Crippen molar-refractivity contribution in [1.82, 2.24) is 10.1 Å². The van der Waals surface area contributed by atoms with Crippen LogP contribution < -0.4 is 0 Å². The lowest BCUT2D eigenvalue weighted by molar-refractivity contribution is 0.432. The van der Waals surface area contributed by atoms with E-state index in [1.165, 1.54) is 0 Å². The summed E-state index contributed by atoms with van der Waals surface area (Å²) < 4.78 is 5.12. The molecule has 0 saturated carbocycles. The molecule has 3 heteroatoms. The van der Waals surface area contributed by atoms with E-state index in [1.54, 1.807) is 6.20 Å². The van der Waals surface area contributed by atoms with Gasteiger partial charge in [-0.2, -0.15) is 0 Å². The third kappa shape index (κ3) is 0.956. The summed E-state index contributed by atoms with van der Waals surface area (Å²) in [5, 5.41) is 4.85. The van der Waals surface area contributed by atoms with E-state index in [1.807, 2.05) is 30.5 Å². The Hall–Kier alpha value is -2.03. The zero-order valence-electron chi connectivity index (χ0n) is 7.40. The summed E-state index contributed by atoms with van der Waals surface area (Å²) in [5.41, 5.74) is 2.16. The second kappa shape index (κ2) is 2.73. The molecule has 0 aliphatic heterocycles. The van der Waals surface area contributed by atoms with Gasteiger partial charge in [-0.05, 0) is 6.07 Å². The third-order valence-corrected chi connectivity index (χ3v) is 2.29. The highest BCUT2D eigenvalue weighted by Crippen LogP contribution is 2.27. The third-order valence-electron chi connectivity index (χ3n) is 2.29. The molecule has 0 unspecified atom stereocenters. The first-order chi connectivity index (χ1) is 6.95. The molecule has 68 valence electrons. The van der Waals surface area contributed by atoms with Gasteiger partial charge in [0.25, 0.3) is 0 Å². The van der Waals surface area contributed by atoms with Gasteiger partial charge in [0.15, 0.2) is 5.76 Å². The Bertz CT molecular complexity index is 551. The van der Waals surface area contributed by atoms with Crippen LogP contribution in [0.3, 0.4) is 0 Å². The molecule has 1 N–H and O–H groups in total. The van der Waals surface area contributed by atoms with Crippen molar-refractivity contribution in [2.24, 2.45) is 0 Å². The number of nitrogens with zero attached hydrogens (tertiary/aromatic N) is 1. The van der Waals surface area contributed by atoms with E-state index < -0.39 is 0 Å². The zero-order valence-corrected chi connectivity index (χ0v) is 7.40. The van der Waals surface area contributed by atoms with Crippen LogP contribution in [-0.4, -0.2) is 10.1 Å². The van der Waals surface area contributed by atoms with Crippen LogP contribution in [0.5, 0.6) is 0 Å². The normalized spacial score (nSPS) is 10.9. The Balaban J connectivity index is 2.33. The number of para-hydroxylation sites is 1. The van der Waals surface area contributed by atoms with Crippen LogP contribution >= 0.6 is 0 Å². The van der Waals surface area contributed by atoms with Crippen molar-refractivity contribution in [2.75, 3.05) is 0 Å². The predicted molar refractivity (Wildman–Crippen MR) is 53.8 cm³/mol. The average Bonchev–Trinajstić information content (AvgIpc) is 2.85. The minimum absolute atomic E-state index is 0.794. The molecule has 0 aliphatic carbocycles. The van der Waals surface area contributed by atoms with E-state index >= 15 is 0 Å². The molecule has 0 saturated heterocycles. The number of hydrogen-bond donors (Lipinski definition) is 1. The topological polar surface area (TPSA) is 41.8 Å². The number of fused-ring (bicyclic) bond motifs is 1. The molecule has 0 amide bonds. The van der Waals surface area contributed by atoms with Gasteiger partial charge in [0.1, 0.15) is 0 Å². The van der Waals surface area contributed by atoms with Crippen LogP contribution in [0, 0.1) is 0 Å². The molecular formula is C11H8N2O. The summed E-state index contributed by atoms with van der Waals surface area (Å²) in [5.74, 6) is 0.794. The summed E-state index contributed by atoms with van der Waals surface area (Å²) in [6.07, 6.45) is 3.59. The summed E-state index contributed by atoms with van der Waals surface area (Å²) in [7, 11) is 0. The monoisotopic (exact) mass is 184 g/mol. The zero-order chi connectivity index (χ0) is 9.38. The maximum atomic E-state index is 5.12. The van der Waals surface area contributed by atoms with Crippen molar-refractivity contribution < 1.29 is 4.52 Å². The highest BCUT2D eigenvalue weighted by molar-refractivity contribution is 5.93. The molecule has 0 bridgehead atoms. The summed E-state index contributed by atoms with van der Waals surface area (Å²) in [6, 6.07) is 9.97. The first-order valence-electron chi connectivity index (χ1n) is 4.42. The van der Waals surface area contributed by atoms with Crippen molar-refractivity contribution in [3.8, 4) is 11.3 Å². The van der Waals surface area contributed by atoms with E-state index in [-0.39, 0.29) is 0 Å². The standard InChI is InChI=1S/C11H8N2O/c1-2-4-10-8(3-1)9(7-12-10)11-5-6-13-14-11/h1-7,12H. The van der Waals surface area contributed by atoms with Crippen LogP contribution in [0.25, 0.3) is 22.2 Å². The number of benzene rings is 1. The molecule has 0 atom stereocenters. The fourth-order valence-electron chi connectivity index (χ4n) is 1.63. The largest absolute Gasteiger partial charge is 0.360 e. The van der Waals surface area contributed by atoms with Crippen LogP contribution in [0.1, 0.15) is 0 Å². The molecule has 1 aromatic carbocycles. The van der Waals surface area contributed by atoms with E-state index in [4.69, 9.17) is 4.52 Å². The van der Waals surface area contributed by atoms with Crippen molar-refractivity contribution in [3.63, 3.8) is 0 Å². The molecule has 3 aromatic rings. The Morgan fingerprint density at radius 1 is 1.14 bits per heavy atom. The van der Waals surface area contributed by atoms with Gasteiger partial charge < -0.3 is 9.51 Å². The lowest BCUT2D eigenvalue weighted by Gasteiger charge is -1.91. The number of hydrogen-bond acceptors (Lipinski definition) is 2. The quantitative estimate of drug-likeness (QED) is 0.631. The van der Waals surface area contributed by atoms with Gasteiger partial charge in [0.05, 0.1) is 6.20 Å². The predicted octanol–water partition coefficient (Wildman–Crippen LogP) is 2.82. The van der Waals surface area contributed by atoms with Crippen molar-refractivity contribution in [3.05, 3.63) is 42.7 Å². The van der Waals surface area contributed by atoms with Crippen molar-refractivity contribution >= 4 is 10.9 Å². The summed E-state index contributed by atoms with van der Waals surface area (Å²) >= 11 is 0. The molecule has 0 spiro atoms. The first kappa shape index (κ1) is 7.38. The van der Waals surface area contributed by atoms with Gasteiger partial charge in [-0.15, -0.1) is 0 Å². The first-order valence-corrected chi connectivity index (χ1v) is 4.42.